The van der Waals surface area contributed by atoms with Crippen molar-refractivity contribution >= 4 is 11.9 Å². The van der Waals surface area contributed by atoms with Crippen molar-refractivity contribution in [2.24, 2.45) is 0 Å². The molecule has 0 aliphatic carbocycles. The van der Waals surface area contributed by atoms with Gasteiger partial charge < -0.3 is 19.5 Å². The number of cyclic esters (lactones) is 1. The number of hydrogen-bond acceptors (Lipinski definition) is 5. The Kier molecular flexibility index (Phi) is 4.36. The average molecular weight is 334 g/mol. The maximum absolute atomic E-state index is 12.5. The molecule has 0 spiro atoms. The third-order valence-corrected chi connectivity index (χ3v) is 5.30. The molecular formula is C18H24NO5+. The average Bonchev–Trinajstić information content (AvgIpc) is 3.12. The summed E-state index contributed by atoms with van der Waals surface area (Å²) in [7, 11) is 0. The summed E-state index contributed by atoms with van der Waals surface area (Å²) >= 11 is 0. The Labute approximate surface area is 141 Å². The highest BCUT2D eigenvalue weighted by atomic mass is 16.6. The van der Waals surface area contributed by atoms with Crippen molar-refractivity contribution in [1.29, 1.82) is 0 Å². The zero-order valence-electron chi connectivity index (χ0n) is 14.3. The fourth-order valence-corrected chi connectivity index (χ4v) is 3.60. The Morgan fingerprint density at radius 2 is 2.17 bits per heavy atom. The van der Waals surface area contributed by atoms with Crippen molar-refractivity contribution in [3.8, 4) is 0 Å². The van der Waals surface area contributed by atoms with E-state index >= 15 is 0 Å². The molecule has 4 atom stereocenters. The van der Waals surface area contributed by atoms with Gasteiger partial charge in [-0.3, -0.25) is 0 Å². The molecule has 2 N–H and O–H groups in total. The molecule has 3 aliphatic rings. The van der Waals surface area contributed by atoms with Gasteiger partial charge in [0.25, 0.3) is 0 Å². The maximum atomic E-state index is 12.5. The standard InChI is InChI=1S/C18H23NO5/c1-4-12-9-11(2)18(3,22)17(21)23-10-13-5-7-19-8-6-14(15(13)19)24-16(12)20/h4-5,9,14-15,22H,6-8,10H2,1-3H3/p+1/b11-9+,12-4+/t14-,15+,18+/m1/s1. The molecule has 0 aromatic heterocycles. The first kappa shape index (κ1) is 16.9. The van der Waals surface area contributed by atoms with E-state index in [9.17, 15) is 14.7 Å². The number of quaternary nitrogens is 1. The summed E-state index contributed by atoms with van der Waals surface area (Å²) in [6.45, 7) is 6.60. The van der Waals surface area contributed by atoms with Crippen molar-refractivity contribution in [2.75, 3.05) is 19.7 Å². The smallest absolute Gasteiger partial charge is 0.342 e. The number of aliphatic hydroxyl groups is 1. The van der Waals surface area contributed by atoms with Gasteiger partial charge in [-0.05, 0) is 38.5 Å². The first-order valence-electron chi connectivity index (χ1n) is 8.33. The van der Waals surface area contributed by atoms with E-state index in [1.165, 1.54) is 17.9 Å². The molecule has 0 aromatic rings. The fourth-order valence-electron chi connectivity index (χ4n) is 3.60. The lowest BCUT2D eigenvalue weighted by Crippen LogP contribution is -3.12. The number of hydrogen-bond donors (Lipinski definition) is 2. The van der Waals surface area contributed by atoms with Crippen LogP contribution in [-0.2, 0) is 19.1 Å². The lowest BCUT2D eigenvalue weighted by Gasteiger charge is -2.26. The topological polar surface area (TPSA) is 77.3 Å². The van der Waals surface area contributed by atoms with Crippen LogP contribution in [0.1, 0.15) is 27.2 Å². The summed E-state index contributed by atoms with van der Waals surface area (Å²) in [5.41, 5.74) is -0.144. The monoisotopic (exact) mass is 334 g/mol. The molecule has 1 unspecified atom stereocenters. The van der Waals surface area contributed by atoms with Crippen LogP contribution >= 0.6 is 0 Å². The van der Waals surface area contributed by atoms with E-state index in [4.69, 9.17) is 9.47 Å². The minimum atomic E-state index is -1.78. The molecule has 0 saturated carbocycles. The lowest BCUT2D eigenvalue weighted by molar-refractivity contribution is -0.896. The van der Waals surface area contributed by atoms with Gasteiger partial charge in [0.15, 0.2) is 17.7 Å². The molecule has 6 heteroatoms. The van der Waals surface area contributed by atoms with Crippen LogP contribution in [0, 0.1) is 0 Å². The van der Waals surface area contributed by atoms with Crippen LogP contribution in [0.25, 0.3) is 0 Å². The zero-order chi connectivity index (χ0) is 17.5. The molecule has 130 valence electrons. The van der Waals surface area contributed by atoms with Gasteiger partial charge >= 0.3 is 11.9 Å². The largest absolute Gasteiger partial charge is 0.459 e. The van der Waals surface area contributed by atoms with Crippen LogP contribution in [-0.4, -0.2) is 54.5 Å². The molecule has 3 rings (SSSR count). The molecule has 3 heterocycles. The van der Waals surface area contributed by atoms with Crippen molar-refractivity contribution < 1.29 is 29.1 Å². The Hall–Kier alpha value is -1.92. The van der Waals surface area contributed by atoms with Gasteiger partial charge in [0.1, 0.15) is 6.61 Å². The first-order valence-corrected chi connectivity index (χ1v) is 8.33. The number of rotatable bonds is 0. The van der Waals surface area contributed by atoms with E-state index in [0.717, 1.165) is 25.1 Å². The quantitative estimate of drug-likeness (QED) is 0.361. The van der Waals surface area contributed by atoms with Crippen LogP contribution in [0.5, 0.6) is 0 Å². The van der Waals surface area contributed by atoms with Gasteiger partial charge in [-0.15, -0.1) is 0 Å². The van der Waals surface area contributed by atoms with E-state index < -0.39 is 17.5 Å². The molecule has 0 aromatic carbocycles. The van der Waals surface area contributed by atoms with Gasteiger partial charge in [0, 0.05) is 12.0 Å². The van der Waals surface area contributed by atoms with Crippen molar-refractivity contribution in [3.63, 3.8) is 0 Å². The minimum absolute atomic E-state index is 0.0364. The highest BCUT2D eigenvalue weighted by molar-refractivity contribution is 5.93. The first-order chi connectivity index (χ1) is 11.3. The Bertz CT molecular complexity index is 658. The molecule has 1 fully saturated rings. The third kappa shape index (κ3) is 2.80. The summed E-state index contributed by atoms with van der Waals surface area (Å²) in [5.74, 6) is -1.12. The third-order valence-electron chi connectivity index (χ3n) is 5.30. The van der Waals surface area contributed by atoms with Crippen LogP contribution in [0.15, 0.2) is 34.9 Å². The molecule has 0 bridgehead atoms. The van der Waals surface area contributed by atoms with Gasteiger partial charge in [-0.1, -0.05) is 6.08 Å². The van der Waals surface area contributed by atoms with Crippen molar-refractivity contribution in [1.82, 2.24) is 0 Å². The summed E-state index contributed by atoms with van der Waals surface area (Å²) in [4.78, 5) is 26.2. The van der Waals surface area contributed by atoms with Gasteiger partial charge in [-0.2, -0.15) is 0 Å². The van der Waals surface area contributed by atoms with Crippen molar-refractivity contribution in [3.05, 3.63) is 34.9 Å². The number of esters is 2. The summed E-state index contributed by atoms with van der Waals surface area (Å²) in [6.07, 6.45) is 5.77. The lowest BCUT2D eigenvalue weighted by atomic mass is 9.94. The number of carbonyl (C=O) groups is 2. The normalized spacial score (nSPS) is 40.7. The van der Waals surface area contributed by atoms with E-state index in [1.54, 1.807) is 19.9 Å². The van der Waals surface area contributed by atoms with E-state index in [0.29, 0.717) is 11.1 Å². The Morgan fingerprint density at radius 3 is 2.88 bits per heavy atom. The van der Waals surface area contributed by atoms with Crippen LogP contribution in [0.4, 0.5) is 0 Å². The minimum Gasteiger partial charge on any atom is -0.459 e. The summed E-state index contributed by atoms with van der Waals surface area (Å²) < 4.78 is 11.1. The molecule has 0 amide bonds. The molecule has 24 heavy (non-hydrogen) atoms. The summed E-state index contributed by atoms with van der Waals surface area (Å²) in [6, 6.07) is 0.0364. The van der Waals surface area contributed by atoms with Crippen LogP contribution < -0.4 is 4.90 Å². The number of carbonyl (C=O) groups excluding carboxylic acids is 2. The molecule has 6 nitrogen and oxygen atoms in total. The predicted molar refractivity (Wildman–Crippen MR) is 86.2 cm³/mol. The Balaban J connectivity index is 1.98. The van der Waals surface area contributed by atoms with E-state index in [-0.39, 0.29) is 18.8 Å². The Morgan fingerprint density at radius 1 is 1.42 bits per heavy atom. The number of allylic oxidation sites excluding steroid dienone is 1. The van der Waals surface area contributed by atoms with Crippen molar-refractivity contribution in [2.45, 2.75) is 44.9 Å². The van der Waals surface area contributed by atoms with Crippen LogP contribution in [0.2, 0.25) is 0 Å². The summed E-state index contributed by atoms with van der Waals surface area (Å²) in [5, 5.41) is 10.5. The predicted octanol–water partition coefficient (Wildman–Crippen LogP) is -0.304. The SMILES string of the molecule is C/C=C1\C=C(/C)[C@](C)(O)C(=O)OCC2=CC[NH+]3CC[C@@H](OC1=O)[C@H]23. The highest BCUT2D eigenvalue weighted by Crippen LogP contribution is 2.25. The van der Waals surface area contributed by atoms with Crippen LogP contribution in [0.3, 0.4) is 0 Å². The fraction of sp³-hybridized carbons (Fsp3) is 0.556. The molecular weight excluding hydrogens is 310 g/mol. The zero-order valence-corrected chi connectivity index (χ0v) is 14.3. The second-order valence-electron chi connectivity index (χ2n) is 6.82. The number of ether oxygens (including phenoxy) is 2. The van der Waals surface area contributed by atoms with Gasteiger partial charge in [-0.25, -0.2) is 9.59 Å². The molecule has 3 aliphatic heterocycles. The second-order valence-corrected chi connectivity index (χ2v) is 6.82. The van der Waals surface area contributed by atoms with E-state index in [2.05, 4.69) is 0 Å². The van der Waals surface area contributed by atoms with Gasteiger partial charge in [0.05, 0.1) is 18.7 Å². The molecule has 1 saturated heterocycles. The highest BCUT2D eigenvalue weighted by Gasteiger charge is 2.47. The van der Waals surface area contributed by atoms with Gasteiger partial charge in [0.2, 0.25) is 0 Å². The maximum Gasteiger partial charge on any atom is 0.342 e. The second kappa shape index (κ2) is 6.18. The molecule has 0 radical (unpaired) electrons. The van der Waals surface area contributed by atoms with E-state index in [1.807, 2.05) is 6.08 Å². The number of nitrogens with one attached hydrogen (secondary N) is 1.